The number of ether oxygens (including phenoxy) is 7. The van der Waals surface area contributed by atoms with Crippen molar-refractivity contribution in [3.8, 4) is 0 Å². The fraction of sp³-hybridized carbons (Fsp3) is 0.854. The number of allylic oxidation sites excluding steroid dienone is 4. The fourth-order valence-corrected chi connectivity index (χ4v) is 10.4. The summed E-state index contributed by atoms with van der Waals surface area (Å²) >= 11 is 0. The van der Waals surface area contributed by atoms with E-state index in [1.807, 2.05) is 13.8 Å². The van der Waals surface area contributed by atoms with Crippen molar-refractivity contribution in [2.45, 2.75) is 160 Å². The molecule has 6 aliphatic rings. The van der Waals surface area contributed by atoms with Crippen molar-refractivity contribution < 1.29 is 42.7 Å². The molecule has 0 aromatic rings. The minimum atomic E-state index is -0.455. The van der Waals surface area contributed by atoms with Crippen LogP contribution in [0.15, 0.2) is 23.3 Å². The molecule has 4 fully saturated rings. The van der Waals surface area contributed by atoms with Gasteiger partial charge >= 0.3 is 5.97 Å². The Morgan fingerprint density at radius 3 is 2.27 bits per heavy atom. The van der Waals surface area contributed by atoms with E-state index in [1.54, 1.807) is 14.2 Å². The van der Waals surface area contributed by atoms with E-state index in [2.05, 4.69) is 51.9 Å². The van der Waals surface area contributed by atoms with E-state index in [4.69, 9.17) is 33.2 Å². The van der Waals surface area contributed by atoms with E-state index in [-0.39, 0.29) is 90.9 Å². The second kappa shape index (κ2) is 16.8. The number of likely N-dealkylation sites (N-methyl/N-ethyl adjacent to an activating group) is 1. The van der Waals surface area contributed by atoms with Crippen molar-refractivity contribution in [1.29, 1.82) is 0 Å². The Hall–Kier alpha value is -1.66. The third kappa shape index (κ3) is 8.37. The molecule has 0 spiro atoms. The van der Waals surface area contributed by atoms with Crippen LogP contribution in [0.25, 0.3) is 0 Å². The van der Waals surface area contributed by atoms with Crippen LogP contribution in [0.3, 0.4) is 0 Å². The lowest BCUT2D eigenvalue weighted by atomic mass is 9.67. The Morgan fingerprint density at radius 1 is 0.824 bits per heavy atom. The Kier molecular flexibility index (Phi) is 12.8. The van der Waals surface area contributed by atoms with Crippen LogP contribution in [-0.4, -0.2) is 106 Å². The van der Waals surface area contributed by atoms with Gasteiger partial charge in [0.2, 0.25) is 0 Å². The Balaban J connectivity index is 1.22. The number of methoxy groups -OCH3 is 2. The molecule has 3 aliphatic heterocycles. The molecule has 3 aliphatic carbocycles. The van der Waals surface area contributed by atoms with Crippen molar-refractivity contribution in [2.75, 3.05) is 28.3 Å². The highest BCUT2D eigenvalue weighted by atomic mass is 16.7. The van der Waals surface area contributed by atoms with Crippen LogP contribution < -0.4 is 0 Å². The monoisotopic (exact) mass is 715 g/mol. The van der Waals surface area contributed by atoms with Gasteiger partial charge in [-0.2, -0.15) is 0 Å². The molecule has 0 amide bonds. The van der Waals surface area contributed by atoms with Crippen LogP contribution in [0.1, 0.15) is 98.8 Å². The maximum atomic E-state index is 14.7. The fourth-order valence-electron chi connectivity index (χ4n) is 10.4. The summed E-state index contributed by atoms with van der Waals surface area (Å²) in [5, 5.41) is 0. The minimum absolute atomic E-state index is 0.00807. The van der Waals surface area contributed by atoms with Gasteiger partial charge in [0.05, 0.1) is 36.9 Å². The number of nitrogens with zero attached hydrogens (tertiary/aromatic N) is 1. The van der Waals surface area contributed by atoms with E-state index in [9.17, 15) is 9.59 Å². The van der Waals surface area contributed by atoms with Gasteiger partial charge in [-0.05, 0) is 115 Å². The normalized spacial score (nSPS) is 45.1. The zero-order valence-electron chi connectivity index (χ0n) is 32.6. The molecule has 0 N–H and O–H groups in total. The van der Waals surface area contributed by atoms with Crippen LogP contribution in [0.4, 0.5) is 0 Å². The summed E-state index contributed by atoms with van der Waals surface area (Å²) in [7, 11) is 7.60. The summed E-state index contributed by atoms with van der Waals surface area (Å²) in [5.41, 5.74) is 2.11. The Bertz CT molecular complexity index is 1280. The first-order valence-corrected chi connectivity index (χ1v) is 19.9. The van der Waals surface area contributed by atoms with Crippen molar-refractivity contribution in [2.24, 2.45) is 35.5 Å². The van der Waals surface area contributed by atoms with Crippen LogP contribution in [0.5, 0.6) is 0 Å². The summed E-state index contributed by atoms with van der Waals surface area (Å²) in [6.07, 6.45) is 10.7. The van der Waals surface area contributed by atoms with Gasteiger partial charge in [-0.15, -0.1) is 0 Å². The third-order valence-corrected chi connectivity index (χ3v) is 13.4. The van der Waals surface area contributed by atoms with Gasteiger partial charge in [0.25, 0.3) is 0 Å². The molecule has 288 valence electrons. The number of rotatable bonds is 8. The summed E-state index contributed by atoms with van der Waals surface area (Å²) < 4.78 is 43.6. The smallest absolute Gasteiger partial charge is 0.306 e. The van der Waals surface area contributed by atoms with E-state index in [0.29, 0.717) is 17.9 Å². The van der Waals surface area contributed by atoms with Gasteiger partial charge < -0.3 is 38.1 Å². The van der Waals surface area contributed by atoms with Gasteiger partial charge in [0.15, 0.2) is 18.4 Å². The van der Waals surface area contributed by atoms with Gasteiger partial charge in [-0.3, -0.25) is 9.59 Å². The van der Waals surface area contributed by atoms with Gasteiger partial charge in [0, 0.05) is 38.5 Å². The number of esters is 1. The highest BCUT2D eigenvalue weighted by molar-refractivity contribution is 5.99. The zero-order chi connectivity index (χ0) is 36.6. The van der Waals surface area contributed by atoms with Gasteiger partial charge in [-0.1, -0.05) is 31.6 Å². The number of carbonyl (C=O) groups excluding carboxylic acids is 2. The largest absolute Gasteiger partial charge is 0.462 e. The standard InChI is InChI=1S/C41H65NO9/c1-10-26-12-11-13-35(51-39-15-14-34(42(6)7)24(4)47-39)23(3)40(44)33-19-31-29(32(33)20-38(43)49-26)16-22(2)28-17-27(18-30(28)31)50-41-37(46-9)21-36(45-8)25(5)48-41/h16,19,23-32,34-37,39,41H,10-15,17-18,20-21H2,1-9H3/t23-,24-,25+,26+,27-,28+,29-,30-,31-,32+,34+,35-,36-,37-,39+,41+/m1/s1. The molecule has 3 heterocycles. The number of fused-ring (bicyclic) bond motifs is 5. The average Bonchev–Trinajstić information content (AvgIpc) is 3.68. The molecule has 0 radical (unpaired) electrons. The van der Waals surface area contributed by atoms with E-state index >= 15 is 0 Å². The molecule has 0 aromatic heterocycles. The predicted molar refractivity (Wildman–Crippen MR) is 193 cm³/mol. The molecule has 1 saturated carbocycles. The number of ketones is 1. The second-order valence-corrected chi connectivity index (χ2v) is 16.6. The zero-order valence-corrected chi connectivity index (χ0v) is 32.6. The summed E-state index contributed by atoms with van der Waals surface area (Å²) in [6, 6.07) is 0.344. The molecular formula is C41H65NO9. The number of hydrogen-bond acceptors (Lipinski definition) is 10. The molecule has 0 bridgehead atoms. The number of Topliss-reactive ketones (excluding diaryl/α,β-unsaturated/α-hetero) is 1. The summed E-state index contributed by atoms with van der Waals surface area (Å²) in [4.78, 5) is 30.4. The molecular weight excluding hydrogens is 650 g/mol. The number of cyclic esters (lactones) is 1. The lowest BCUT2D eigenvalue weighted by Crippen LogP contribution is -2.49. The number of hydrogen-bond donors (Lipinski definition) is 0. The molecule has 0 unspecified atom stereocenters. The first-order valence-electron chi connectivity index (χ1n) is 19.9. The van der Waals surface area contributed by atoms with Gasteiger partial charge in [-0.25, -0.2) is 0 Å². The predicted octanol–water partition coefficient (Wildman–Crippen LogP) is 6.25. The molecule has 6 rings (SSSR count). The lowest BCUT2D eigenvalue weighted by molar-refractivity contribution is -0.281. The Morgan fingerprint density at radius 2 is 1.59 bits per heavy atom. The maximum absolute atomic E-state index is 14.7. The van der Waals surface area contributed by atoms with Crippen LogP contribution in [-0.2, 0) is 42.7 Å². The highest BCUT2D eigenvalue weighted by Gasteiger charge is 2.52. The van der Waals surface area contributed by atoms with Gasteiger partial charge in [0.1, 0.15) is 12.2 Å². The molecule has 51 heavy (non-hydrogen) atoms. The molecule has 10 nitrogen and oxygen atoms in total. The quantitative estimate of drug-likeness (QED) is 0.212. The van der Waals surface area contributed by atoms with Crippen LogP contribution in [0.2, 0.25) is 0 Å². The molecule has 10 heteroatoms. The third-order valence-electron chi connectivity index (χ3n) is 13.4. The van der Waals surface area contributed by atoms with Crippen LogP contribution in [0, 0.1) is 35.5 Å². The average molecular weight is 716 g/mol. The van der Waals surface area contributed by atoms with Crippen molar-refractivity contribution in [3.05, 3.63) is 23.3 Å². The molecule has 0 aromatic carbocycles. The lowest BCUT2D eigenvalue weighted by Gasteiger charge is -2.40. The van der Waals surface area contributed by atoms with Crippen LogP contribution >= 0.6 is 0 Å². The second-order valence-electron chi connectivity index (χ2n) is 16.6. The minimum Gasteiger partial charge on any atom is -0.462 e. The summed E-state index contributed by atoms with van der Waals surface area (Å²) in [5.74, 6) is 0.203. The SMILES string of the molecule is CC[C@H]1CCC[C@@H](O[C@H]2CC[C@H](N(C)C)[C@@H](C)O2)[C@@H](C)C(=O)C2=C[C@@H]3[C@@H](C=C(C)[C@@H]4C[C@@H](O[C@@H]5O[C@@H](C)[C@H](OC)C[C@H]5OC)C[C@@H]34)[C@@H]2CC(=O)O1. The first-order chi connectivity index (χ1) is 24.4. The van der Waals surface area contributed by atoms with E-state index < -0.39 is 6.29 Å². The number of carbonyl (C=O) groups is 2. The van der Waals surface area contributed by atoms with Crippen molar-refractivity contribution in [3.63, 3.8) is 0 Å². The van der Waals surface area contributed by atoms with Crippen molar-refractivity contribution in [1.82, 2.24) is 4.90 Å². The maximum Gasteiger partial charge on any atom is 0.306 e. The molecule has 3 saturated heterocycles. The first kappa shape index (κ1) is 39.0. The topological polar surface area (TPSA) is 102 Å². The highest BCUT2D eigenvalue weighted by Crippen LogP contribution is 2.56. The van der Waals surface area contributed by atoms with E-state index in [1.165, 1.54) is 5.57 Å². The van der Waals surface area contributed by atoms with Crippen molar-refractivity contribution >= 4 is 11.8 Å². The van der Waals surface area contributed by atoms with E-state index in [0.717, 1.165) is 63.4 Å². The Labute approximate surface area is 306 Å². The summed E-state index contributed by atoms with van der Waals surface area (Å²) in [6.45, 7) is 10.5. The molecule has 16 atom stereocenters.